The van der Waals surface area contributed by atoms with Crippen LogP contribution in [0.25, 0.3) is 11.6 Å². The Bertz CT molecular complexity index is 849. The minimum atomic E-state index is -0.514. The zero-order valence-electron chi connectivity index (χ0n) is 12.1. The van der Waals surface area contributed by atoms with E-state index in [0.717, 1.165) is 0 Å². The predicted molar refractivity (Wildman–Crippen MR) is 84.4 cm³/mol. The average Bonchev–Trinajstić information content (AvgIpc) is 2.53. The molecule has 0 aromatic heterocycles. The van der Waals surface area contributed by atoms with E-state index < -0.39 is 9.85 Å². The molecule has 0 aliphatic carbocycles. The molecule has 0 aliphatic heterocycles. The summed E-state index contributed by atoms with van der Waals surface area (Å²) in [6, 6.07) is 12.0. The van der Waals surface area contributed by atoms with Crippen molar-refractivity contribution in [2.45, 2.75) is 6.92 Å². The predicted octanol–water partition coefficient (Wildman–Crippen LogP) is 3.88. The van der Waals surface area contributed by atoms with E-state index in [1.165, 1.54) is 36.4 Å². The van der Waals surface area contributed by atoms with E-state index in [4.69, 9.17) is 0 Å². The number of non-ortho nitro benzene ring substituents is 2. The van der Waals surface area contributed by atoms with Gasteiger partial charge in [-0.15, -0.1) is 0 Å². The van der Waals surface area contributed by atoms with Crippen molar-refractivity contribution in [3.05, 3.63) is 79.4 Å². The van der Waals surface area contributed by atoms with Crippen LogP contribution in [-0.2, 0) is 0 Å². The molecule has 2 rings (SSSR count). The van der Waals surface area contributed by atoms with Gasteiger partial charge in [-0.3, -0.25) is 20.2 Å². The third kappa shape index (κ3) is 3.57. The first-order chi connectivity index (χ1) is 10.9. The summed E-state index contributed by atoms with van der Waals surface area (Å²) in [6.07, 6.45) is 1.60. The van der Waals surface area contributed by atoms with Crippen LogP contribution in [0.5, 0.6) is 0 Å². The smallest absolute Gasteiger partial charge is 0.258 e. The Labute approximate surface area is 131 Å². The van der Waals surface area contributed by atoms with Gasteiger partial charge in [-0.05, 0) is 47.9 Å². The van der Waals surface area contributed by atoms with Crippen LogP contribution in [0.2, 0.25) is 0 Å². The van der Waals surface area contributed by atoms with Crippen molar-refractivity contribution in [3.63, 3.8) is 0 Å². The van der Waals surface area contributed by atoms with E-state index in [1.807, 2.05) is 6.07 Å². The lowest BCUT2D eigenvalue weighted by atomic mass is 10.0. The molecular formula is C16H11N3O4. The lowest BCUT2D eigenvalue weighted by molar-refractivity contribution is -0.385. The van der Waals surface area contributed by atoms with Crippen LogP contribution in [0.4, 0.5) is 11.4 Å². The number of allylic oxidation sites excluding steroid dienone is 1. The molecule has 0 unspecified atom stereocenters. The lowest BCUT2D eigenvalue weighted by Gasteiger charge is -2.03. The van der Waals surface area contributed by atoms with Crippen molar-refractivity contribution in [2.24, 2.45) is 0 Å². The van der Waals surface area contributed by atoms with Gasteiger partial charge < -0.3 is 0 Å². The molecule has 0 bridgehead atoms. The number of nitrogens with zero attached hydrogens (tertiary/aromatic N) is 3. The van der Waals surface area contributed by atoms with Crippen LogP contribution >= 0.6 is 0 Å². The highest BCUT2D eigenvalue weighted by Crippen LogP contribution is 2.24. The fourth-order valence-corrected chi connectivity index (χ4v) is 2.03. The largest absolute Gasteiger partial charge is 0.269 e. The number of nitro benzene ring substituents is 2. The van der Waals surface area contributed by atoms with Crippen LogP contribution in [0.15, 0.2) is 42.5 Å². The van der Waals surface area contributed by atoms with Crippen molar-refractivity contribution in [3.8, 4) is 6.07 Å². The molecule has 0 saturated carbocycles. The van der Waals surface area contributed by atoms with E-state index in [0.29, 0.717) is 22.3 Å². The molecule has 0 atom stereocenters. The minimum absolute atomic E-state index is 0.0199. The van der Waals surface area contributed by atoms with Gasteiger partial charge in [0, 0.05) is 24.3 Å². The third-order valence-corrected chi connectivity index (χ3v) is 3.27. The molecule has 0 heterocycles. The van der Waals surface area contributed by atoms with Gasteiger partial charge in [0.1, 0.15) is 0 Å². The van der Waals surface area contributed by atoms with Crippen LogP contribution in [0, 0.1) is 38.5 Å². The minimum Gasteiger partial charge on any atom is -0.258 e. The number of nitriles is 1. The quantitative estimate of drug-likeness (QED) is 0.368. The summed E-state index contributed by atoms with van der Waals surface area (Å²) in [5.74, 6) is 0. The highest BCUT2D eigenvalue weighted by molar-refractivity contribution is 5.90. The molecule has 7 heteroatoms. The SMILES string of the molecule is Cc1cc([N+](=O)[O-])ccc1C=C(C#N)c1ccc([N+](=O)[O-])cc1. The first-order valence-electron chi connectivity index (χ1n) is 6.54. The van der Waals surface area contributed by atoms with Crippen LogP contribution in [-0.4, -0.2) is 9.85 Å². The van der Waals surface area contributed by atoms with Crippen LogP contribution in [0.3, 0.4) is 0 Å². The number of hydrogen-bond donors (Lipinski definition) is 0. The average molecular weight is 309 g/mol. The highest BCUT2D eigenvalue weighted by atomic mass is 16.6. The molecular weight excluding hydrogens is 298 g/mol. The van der Waals surface area contributed by atoms with Gasteiger partial charge in [-0.25, -0.2) is 0 Å². The molecule has 0 N–H and O–H groups in total. The molecule has 0 radical (unpaired) electrons. The fourth-order valence-electron chi connectivity index (χ4n) is 2.03. The molecule has 2 aromatic carbocycles. The summed E-state index contributed by atoms with van der Waals surface area (Å²) < 4.78 is 0. The molecule has 114 valence electrons. The van der Waals surface area contributed by atoms with Gasteiger partial charge in [-0.1, -0.05) is 0 Å². The standard InChI is InChI=1S/C16H11N3O4/c1-11-8-16(19(22)23)7-4-13(11)9-14(10-17)12-2-5-15(6-3-12)18(20)21/h2-9H,1H3. The Hall–Kier alpha value is -3.53. The van der Waals surface area contributed by atoms with Crippen molar-refractivity contribution in [1.29, 1.82) is 5.26 Å². The Balaban J connectivity index is 2.41. The maximum atomic E-state index is 10.7. The lowest BCUT2D eigenvalue weighted by Crippen LogP contribution is -1.91. The van der Waals surface area contributed by atoms with Crippen molar-refractivity contribution < 1.29 is 9.85 Å². The van der Waals surface area contributed by atoms with Crippen LogP contribution < -0.4 is 0 Å². The molecule has 0 fully saturated rings. The van der Waals surface area contributed by atoms with Crippen molar-refractivity contribution >= 4 is 23.0 Å². The van der Waals surface area contributed by atoms with Crippen molar-refractivity contribution in [1.82, 2.24) is 0 Å². The Kier molecular flexibility index (Phi) is 4.47. The summed E-state index contributed by atoms with van der Waals surface area (Å²) >= 11 is 0. The molecule has 0 aliphatic rings. The normalized spacial score (nSPS) is 10.9. The van der Waals surface area contributed by atoms with Gasteiger partial charge in [0.05, 0.1) is 21.5 Å². The summed E-state index contributed by atoms with van der Waals surface area (Å²) in [6.45, 7) is 1.71. The Morgan fingerprint density at radius 2 is 1.61 bits per heavy atom. The van der Waals surface area contributed by atoms with E-state index in [1.54, 1.807) is 19.1 Å². The first-order valence-corrected chi connectivity index (χ1v) is 6.54. The molecule has 0 amide bonds. The molecule has 7 nitrogen and oxygen atoms in total. The summed E-state index contributed by atoms with van der Waals surface area (Å²) in [5.41, 5.74) is 2.11. The van der Waals surface area contributed by atoms with Gasteiger partial charge in [0.15, 0.2) is 0 Å². The second-order valence-corrected chi connectivity index (χ2v) is 4.77. The Morgan fingerprint density at radius 3 is 2.09 bits per heavy atom. The maximum Gasteiger partial charge on any atom is 0.269 e. The molecule has 2 aromatic rings. The number of rotatable bonds is 4. The highest BCUT2D eigenvalue weighted by Gasteiger charge is 2.10. The van der Waals surface area contributed by atoms with E-state index in [2.05, 4.69) is 0 Å². The third-order valence-electron chi connectivity index (χ3n) is 3.27. The van der Waals surface area contributed by atoms with E-state index >= 15 is 0 Å². The summed E-state index contributed by atoms with van der Waals surface area (Å²) in [7, 11) is 0. The van der Waals surface area contributed by atoms with Gasteiger partial charge in [-0.2, -0.15) is 5.26 Å². The Morgan fingerprint density at radius 1 is 1.04 bits per heavy atom. The summed E-state index contributed by atoms with van der Waals surface area (Å²) in [5, 5.41) is 30.7. The van der Waals surface area contributed by atoms with Crippen LogP contribution in [0.1, 0.15) is 16.7 Å². The zero-order chi connectivity index (χ0) is 17.0. The van der Waals surface area contributed by atoms with Crippen molar-refractivity contribution in [2.75, 3.05) is 0 Å². The number of hydrogen-bond acceptors (Lipinski definition) is 5. The van der Waals surface area contributed by atoms with E-state index in [9.17, 15) is 25.5 Å². The summed E-state index contributed by atoms with van der Waals surface area (Å²) in [4.78, 5) is 20.4. The van der Waals surface area contributed by atoms with Gasteiger partial charge in [0.25, 0.3) is 11.4 Å². The monoisotopic (exact) mass is 309 g/mol. The second kappa shape index (κ2) is 6.49. The molecule has 0 spiro atoms. The fraction of sp³-hybridized carbons (Fsp3) is 0.0625. The van der Waals surface area contributed by atoms with Gasteiger partial charge >= 0.3 is 0 Å². The maximum absolute atomic E-state index is 10.7. The number of benzene rings is 2. The molecule has 0 saturated heterocycles. The molecule has 23 heavy (non-hydrogen) atoms. The second-order valence-electron chi connectivity index (χ2n) is 4.77. The topological polar surface area (TPSA) is 110 Å². The van der Waals surface area contributed by atoms with Gasteiger partial charge in [0.2, 0.25) is 0 Å². The van der Waals surface area contributed by atoms with E-state index in [-0.39, 0.29) is 11.4 Å². The zero-order valence-corrected chi connectivity index (χ0v) is 12.1. The number of nitro groups is 2. The first kappa shape index (κ1) is 15.9. The number of aryl methyl sites for hydroxylation is 1.